The number of hydrogen-bond donors (Lipinski definition) is 1. The van der Waals surface area contributed by atoms with Gasteiger partial charge in [0.25, 0.3) is 5.92 Å². The maximum Gasteiger partial charge on any atom is 0.267 e. The summed E-state index contributed by atoms with van der Waals surface area (Å²) in [6.45, 7) is -0.454. The van der Waals surface area contributed by atoms with Crippen LogP contribution in [0.5, 0.6) is 0 Å². The average molecular weight is 367 g/mol. The van der Waals surface area contributed by atoms with E-state index in [1.165, 1.54) is 0 Å². The van der Waals surface area contributed by atoms with Gasteiger partial charge in [0, 0.05) is 41.8 Å². The van der Waals surface area contributed by atoms with Crippen molar-refractivity contribution in [1.29, 1.82) is 0 Å². The van der Waals surface area contributed by atoms with Gasteiger partial charge in [-0.25, -0.2) is 28.2 Å². The van der Waals surface area contributed by atoms with E-state index in [1.807, 2.05) is 12.1 Å². The fourth-order valence-corrected chi connectivity index (χ4v) is 3.08. The highest BCUT2D eigenvalue weighted by molar-refractivity contribution is 5.84. The van der Waals surface area contributed by atoms with Gasteiger partial charge in [-0.3, -0.25) is 4.98 Å². The molecule has 4 aromatic rings. The molecule has 1 N–H and O–H groups in total. The number of halogens is 2. The molecular weight excluding hydrogens is 352 g/mol. The van der Waals surface area contributed by atoms with Crippen LogP contribution in [0.4, 0.5) is 14.7 Å². The van der Waals surface area contributed by atoms with Crippen molar-refractivity contribution in [2.75, 3.05) is 11.9 Å². The molecule has 5 rings (SSSR count). The molecule has 1 saturated carbocycles. The molecule has 0 bridgehead atoms. The first-order valence-corrected chi connectivity index (χ1v) is 8.63. The van der Waals surface area contributed by atoms with Crippen LogP contribution in [0.3, 0.4) is 0 Å². The fraction of sp³-hybridized carbons (Fsp3) is 0.278. The van der Waals surface area contributed by atoms with Gasteiger partial charge in [-0.2, -0.15) is 0 Å². The van der Waals surface area contributed by atoms with E-state index < -0.39 is 18.4 Å². The first-order valence-electron chi connectivity index (χ1n) is 8.63. The van der Waals surface area contributed by atoms with E-state index in [2.05, 4.69) is 30.4 Å². The van der Waals surface area contributed by atoms with Crippen LogP contribution in [0.25, 0.3) is 27.8 Å². The summed E-state index contributed by atoms with van der Waals surface area (Å²) in [5.74, 6) is -3.07. The first kappa shape index (κ1) is 16.0. The summed E-state index contributed by atoms with van der Waals surface area (Å²) in [6.07, 6.45) is 9.47. The Hall–Kier alpha value is -3.23. The van der Waals surface area contributed by atoms with Crippen molar-refractivity contribution < 1.29 is 8.78 Å². The summed E-state index contributed by atoms with van der Waals surface area (Å²) >= 11 is 0. The summed E-state index contributed by atoms with van der Waals surface area (Å²) in [6, 6.07) is 3.78. The Morgan fingerprint density at radius 2 is 1.96 bits per heavy atom. The summed E-state index contributed by atoms with van der Waals surface area (Å²) in [4.78, 5) is 16.9. The van der Waals surface area contributed by atoms with Crippen molar-refractivity contribution in [2.24, 2.45) is 5.92 Å². The van der Waals surface area contributed by atoms with Crippen LogP contribution in [0, 0.1) is 5.92 Å². The van der Waals surface area contributed by atoms with Crippen LogP contribution in [0.2, 0.25) is 0 Å². The average Bonchev–Trinajstić information content (AvgIpc) is 3.47. The predicted octanol–water partition coefficient (Wildman–Crippen LogP) is 3.19. The van der Waals surface area contributed by atoms with Gasteiger partial charge in [0.05, 0.1) is 18.3 Å². The maximum absolute atomic E-state index is 13.8. The summed E-state index contributed by atoms with van der Waals surface area (Å²) in [5.41, 5.74) is 3.75. The number of fused-ring (bicyclic) bond motifs is 2. The van der Waals surface area contributed by atoms with Crippen LogP contribution < -0.4 is 5.32 Å². The molecule has 1 aliphatic rings. The molecule has 0 aliphatic heterocycles. The summed E-state index contributed by atoms with van der Waals surface area (Å²) < 4.78 is 29.2. The SMILES string of the molecule is FC(F)(CNc1ncc2c(-c3cnc4nccnc4c3)ccn2n1)C1CC1. The third-order valence-corrected chi connectivity index (χ3v) is 4.71. The standard InChI is InChI=1S/C18H15F2N7/c19-18(20,12-1-2-12)10-25-17-24-9-15-13(3-6-27(15)26-17)11-7-14-16(23-8-11)22-5-4-21-14/h3-9,12H,1-2,10H2,(H,25,26). The molecule has 9 heteroatoms. The van der Waals surface area contributed by atoms with E-state index >= 15 is 0 Å². The molecule has 7 nitrogen and oxygen atoms in total. The highest BCUT2D eigenvalue weighted by Crippen LogP contribution is 2.43. The molecule has 27 heavy (non-hydrogen) atoms. The molecule has 0 radical (unpaired) electrons. The van der Waals surface area contributed by atoms with Crippen LogP contribution >= 0.6 is 0 Å². The molecule has 0 amide bonds. The van der Waals surface area contributed by atoms with E-state index in [0.29, 0.717) is 24.0 Å². The molecule has 0 aromatic carbocycles. The normalized spacial score (nSPS) is 14.7. The van der Waals surface area contributed by atoms with Gasteiger partial charge >= 0.3 is 0 Å². The van der Waals surface area contributed by atoms with Gasteiger partial charge in [0.15, 0.2) is 5.65 Å². The molecule has 0 atom stereocenters. The Balaban J connectivity index is 1.44. The lowest BCUT2D eigenvalue weighted by Gasteiger charge is -2.15. The lowest BCUT2D eigenvalue weighted by atomic mass is 10.1. The number of alkyl halides is 2. The fourth-order valence-electron chi connectivity index (χ4n) is 3.08. The van der Waals surface area contributed by atoms with E-state index in [4.69, 9.17) is 0 Å². The van der Waals surface area contributed by atoms with Gasteiger partial charge < -0.3 is 5.32 Å². The third-order valence-electron chi connectivity index (χ3n) is 4.71. The molecule has 0 saturated heterocycles. The van der Waals surface area contributed by atoms with Crippen molar-refractivity contribution in [3.63, 3.8) is 0 Å². The van der Waals surface area contributed by atoms with Crippen LogP contribution in [0.15, 0.2) is 43.1 Å². The number of pyridine rings is 1. The van der Waals surface area contributed by atoms with E-state index in [1.54, 1.807) is 35.5 Å². The van der Waals surface area contributed by atoms with Crippen LogP contribution in [-0.2, 0) is 0 Å². The van der Waals surface area contributed by atoms with Gasteiger partial charge in [-0.15, -0.1) is 5.10 Å². The topological polar surface area (TPSA) is 80.9 Å². The quantitative estimate of drug-likeness (QED) is 0.583. The zero-order chi connectivity index (χ0) is 18.4. The maximum atomic E-state index is 13.8. The van der Waals surface area contributed by atoms with Crippen LogP contribution in [-0.4, -0.2) is 42.0 Å². The zero-order valence-electron chi connectivity index (χ0n) is 14.2. The number of aromatic nitrogens is 6. The predicted molar refractivity (Wildman–Crippen MR) is 95.5 cm³/mol. The Bertz CT molecular complexity index is 1140. The monoisotopic (exact) mass is 367 g/mol. The van der Waals surface area contributed by atoms with Crippen LogP contribution in [0.1, 0.15) is 12.8 Å². The lowest BCUT2D eigenvalue weighted by molar-refractivity contribution is -0.00833. The van der Waals surface area contributed by atoms with Crippen molar-refractivity contribution in [1.82, 2.24) is 29.5 Å². The lowest BCUT2D eigenvalue weighted by Crippen LogP contribution is -2.30. The third kappa shape index (κ3) is 2.94. The zero-order valence-corrected chi connectivity index (χ0v) is 14.2. The second-order valence-corrected chi connectivity index (χ2v) is 6.65. The number of nitrogens with zero attached hydrogens (tertiary/aromatic N) is 6. The van der Waals surface area contributed by atoms with E-state index in [0.717, 1.165) is 16.6 Å². The summed E-state index contributed by atoms with van der Waals surface area (Å²) in [5, 5.41) is 6.93. The van der Waals surface area contributed by atoms with Gasteiger partial charge in [0.1, 0.15) is 5.52 Å². The second kappa shape index (κ2) is 5.90. The molecule has 1 aliphatic carbocycles. The Kier molecular flexibility index (Phi) is 3.49. The second-order valence-electron chi connectivity index (χ2n) is 6.65. The van der Waals surface area contributed by atoms with Gasteiger partial charge in [-0.1, -0.05) is 0 Å². The minimum atomic E-state index is -2.72. The van der Waals surface area contributed by atoms with Crippen molar-refractivity contribution >= 4 is 22.6 Å². The Morgan fingerprint density at radius 3 is 2.81 bits per heavy atom. The molecule has 136 valence electrons. The number of nitrogens with one attached hydrogen (secondary N) is 1. The molecule has 0 spiro atoms. The highest BCUT2D eigenvalue weighted by atomic mass is 19.3. The number of hydrogen-bond acceptors (Lipinski definition) is 6. The minimum Gasteiger partial charge on any atom is -0.347 e. The number of rotatable bonds is 5. The van der Waals surface area contributed by atoms with Crippen molar-refractivity contribution in [2.45, 2.75) is 18.8 Å². The molecule has 1 fully saturated rings. The highest BCUT2D eigenvalue weighted by Gasteiger charge is 2.46. The Morgan fingerprint density at radius 1 is 1.11 bits per heavy atom. The Labute approximate surface area is 152 Å². The van der Waals surface area contributed by atoms with E-state index in [9.17, 15) is 8.78 Å². The molecule has 4 heterocycles. The smallest absolute Gasteiger partial charge is 0.267 e. The van der Waals surface area contributed by atoms with Crippen molar-refractivity contribution in [3.05, 3.63) is 43.1 Å². The molecular formula is C18H15F2N7. The molecule has 4 aromatic heterocycles. The first-order chi connectivity index (χ1) is 13.1. The van der Waals surface area contributed by atoms with Gasteiger partial charge in [0.2, 0.25) is 5.95 Å². The molecule has 0 unspecified atom stereocenters. The minimum absolute atomic E-state index is 0.174. The van der Waals surface area contributed by atoms with Gasteiger partial charge in [-0.05, 0) is 25.0 Å². The number of anilines is 1. The van der Waals surface area contributed by atoms with Crippen molar-refractivity contribution in [3.8, 4) is 11.1 Å². The largest absolute Gasteiger partial charge is 0.347 e. The summed E-state index contributed by atoms with van der Waals surface area (Å²) in [7, 11) is 0. The van der Waals surface area contributed by atoms with E-state index in [-0.39, 0.29) is 5.95 Å².